The van der Waals surface area contributed by atoms with Crippen LogP contribution >= 0.6 is 11.6 Å². The molecule has 2 aromatic rings. The van der Waals surface area contributed by atoms with Gasteiger partial charge in [-0.25, -0.2) is 9.97 Å². The summed E-state index contributed by atoms with van der Waals surface area (Å²) >= 11 is 5.70. The number of aromatic nitrogens is 2. The fraction of sp³-hybridized carbons (Fsp3) is 0.524. The Kier molecular flexibility index (Phi) is 4.54. The molecule has 0 spiro atoms. The number of nitrogen functional groups attached to an aromatic ring is 1. The molecule has 1 aromatic carbocycles. The van der Waals surface area contributed by atoms with E-state index in [4.69, 9.17) is 17.3 Å². The maximum absolute atomic E-state index is 13.2. The van der Waals surface area contributed by atoms with Crippen LogP contribution in [0.15, 0.2) is 24.5 Å². The summed E-state index contributed by atoms with van der Waals surface area (Å²) in [6.07, 6.45) is 4.17. The quantitative estimate of drug-likeness (QED) is 0.559. The molecule has 0 unspecified atom stereocenters. The van der Waals surface area contributed by atoms with E-state index in [2.05, 4.69) is 20.6 Å². The zero-order valence-corrected chi connectivity index (χ0v) is 17.0. The van der Waals surface area contributed by atoms with Crippen LogP contribution in [0.1, 0.15) is 44.1 Å². The molecular formula is C21H23ClF3N5. The minimum absolute atomic E-state index is 0.0121. The van der Waals surface area contributed by atoms with Crippen LogP contribution < -0.4 is 16.4 Å². The Morgan fingerprint density at radius 2 is 1.60 bits per heavy atom. The van der Waals surface area contributed by atoms with Crippen molar-refractivity contribution in [3.63, 3.8) is 0 Å². The SMILES string of the molecule is Nc1c(Nc2ccc(Cl)c(C(F)(F)F)c2)ncnc1NC12CC3CC(CC(C3)C1)C2. The number of nitrogens with two attached hydrogens (primary N) is 1. The second kappa shape index (κ2) is 6.90. The number of alkyl halides is 3. The highest BCUT2D eigenvalue weighted by Gasteiger charge is 2.51. The third-order valence-corrected chi connectivity index (χ3v) is 7.17. The Bertz CT molecular complexity index is 942. The first-order valence-corrected chi connectivity index (χ1v) is 10.6. The van der Waals surface area contributed by atoms with E-state index >= 15 is 0 Å². The zero-order chi connectivity index (χ0) is 21.1. The van der Waals surface area contributed by atoms with Gasteiger partial charge in [0.1, 0.15) is 12.0 Å². The summed E-state index contributed by atoms with van der Waals surface area (Å²) in [5.74, 6) is 3.10. The summed E-state index contributed by atoms with van der Waals surface area (Å²) in [5, 5.41) is 6.14. The van der Waals surface area contributed by atoms with Crippen LogP contribution in [0, 0.1) is 17.8 Å². The summed E-state index contributed by atoms with van der Waals surface area (Å²) in [7, 11) is 0. The lowest BCUT2D eigenvalue weighted by atomic mass is 9.53. The first-order chi connectivity index (χ1) is 14.2. The average molecular weight is 438 g/mol. The number of nitrogens with one attached hydrogen (secondary N) is 2. The summed E-state index contributed by atoms with van der Waals surface area (Å²) in [5.41, 5.74) is 5.93. The Labute approximate surface area is 177 Å². The number of benzene rings is 1. The lowest BCUT2D eigenvalue weighted by molar-refractivity contribution is -0.137. The molecule has 4 fully saturated rings. The van der Waals surface area contributed by atoms with Crippen LogP contribution in [0.25, 0.3) is 0 Å². The first kappa shape index (κ1) is 19.7. The third-order valence-electron chi connectivity index (χ3n) is 6.84. The molecule has 4 bridgehead atoms. The molecule has 0 atom stereocenters. The Balaban J connectivity index is 1.39. The van der Waals surface area contributed by atoms with Gasteiger partial charge in [0, 0.05) is 11.2 Å². The van der Waals surface area contributed by atoms with Crippen molar-refractivity contribution in [3.05, 3.63) is 35.1 Å². The van der Waals surface area contributed by atoms with Gasteiger partial charge in [0.05, 0.1) is 10.6 Å². The van der Waals surface area contributed by atoms with Crippen molar-refractivity contribution in [1.29, 1.82) is 0 Å². The second-order valence-corrected chi connectivity index (χ2v) is 9.53. The lowest BCUT2D eigenvalue weighted by Crippen LogP contribution is -2.55. The molecule has 30 heavy (non-hydrogen) atoms. The van der Waals surface area contributed by atoms with Crippen LogP contribution in [0.5, 0.6) is 0 Å². The molecule has 1 heterocycles. The molecule has 5 nitrogen and oxygen atoms in total. The molecule has 0 amide bonds. The Hall–Kier alpha value is -2.22. The second-order valence-electron chi connectivity index (χ2n) is 9.12. The van der Waals surface area contributed by atoms with Crippen LogP contribution in [-0.2, 0) is 6.18 Å². The van der Waals surface area contributed by atoms with E-state index < -0.39 is 11.7 Å². The van der Waals surface area contributed by atoms with Crippen LogP contribution in [-0.4, -0.2) is 15.5 Å². The minimum Gasteiger partial charge on any atom is -0.393 e. The van der Waals surface area contributed by atoms with Gasteiger partial charge in [-0.15, -0.1) is 0 Å². The molecule has 6 rings (SSSR count). The van der Waals surface area contributed by atoms with Crippen molar-refractivity contribution in [2.75, 3.05) is 16.4 Å². The monoisotopic (exact) mass is 437 g/mol. The summed E-state index contributed by atoms with van der Waals surface area (Å²) < 4.78 is 39.5. The summed E-state index contributed by atoms with van der Waals surface area (Å²) in [4.78, 5) is 8.48. The van der Waals surface area contributed by atoms with Crippen molar-refractivity contribution >= 4 is 34.6 Å². The largest absolute Gasteiger partial charge is 0.417 e. The highest BCUT2D eigenvalue weighted by atomic mass is 35.5. The number of halogens is 4. The third kappa shape index (κ3) is 3.55. The highest BCUT2D eigenvalue weighted by Crippen LogP contribution is 2.56. The van der Waals surface area contributed by atoms with Gasteiger partial charge in [-0.2, -0.15) is 13.2 Å². The van der Waals surface area contributed by atoms with Gasteiger partial charge in [0.2, 0.25) is 0 Å². The van der Waals surface area contributed by atoms with Gasteiger partial charge in [0.15, 0.2) is 11.6 Å². The van der Waals surface area contributed by atoms with E-state index in [0.717, 1.165) is 43.1 Å². The van der Waals surface area contributed by atoms with Gasteiger partial charge in [0.25, 0.3) is 0 Å². The van der Waals surface area contributed by atoms with E-state index in [0.29, 0.717) is 11.5 Å². The normalized spacial score (nSPS) is 29.8. The van der Waals surface area contributed by atoms with Crippen LogP contribution in [0.3, 0.4) is 0 Å². The summed E-state index contributed by atoms with van der Waals surface area (Å²) in [6, 6.07) is 3.63. The molecule has 4 aliphatic carbocycles. The van der Waals surface area contributed by atoms with Crippen LogP contribution in [0.2, 0.25) is 5.02 Å². The molecule has 0 saturated heterocycles. The standard InChI is InChI=1S/C21H23ClF3N5/c22-16-2-1-14(6-15(16)21(23,24)25)29-18-17(26)19(28-10-27-18)30-20-7-11-3-12(8-20)5-13(4-11)9-20/h1-2,6,10-13H,3-5,7-9,26H2,(H2,27,28,29,30). The number of hydrogen-bond acceptors (Lipinski definition) is 5. The number of anilines is 4. The number of nitrogens with zero attached hydrogens (tertiary/aromatic N) is 2. The van der Waals surface area contributed by atoms with E-state index in [-0.39, 0.29) is 22.1 Å². The molecule has 4 saturated carbocycles. The Morgan fingerprint density at radius 1 is 1.00 bits per heavy atom. The highest BCUT2D eigenvalue weighted by molar-refractivity contribution is 6.31. The van der Waals surface area contributed by atoms with Gasteiger partial charge >= 0.3 is 6.18 Å². The van der Waals surface area contributed by atoms with Gasteiger partial charge in [-0.3, -0.25) is 0 Å². The number of rotatable bonds is 4. The topological polar surface area (TPSA) is 75.9 Å². The van der Waals surface area contributed by atoms with E-state index in [1.807, 2.05) is 0 Å². The molecule has 0 radical (unpaired) electrons. The van der Waals surface area contributed by atoms with Gasteiger partial charge in [-0.05, 0) is 74.5 Å². The number of hydrogen-bond donors (Lipinski definition) is 3. The molecule has 0 aliphatic heterocycles. The van der Waals surface area contributed by atoms with Gasteiger partial charge < -0.3 is 16.4 Å². The summed E-state index contributed by atoms with van der Waals surface area (Å²) in [6.45, 7) is 0. The molecule has 4 N–H and O–H groups in total. The van der Waals surface area contributed by atoms with Crippen LogP contribution in [0.4, 0.5) is 36.2 Å². The van der Waals surface area contributed by atoms with Crippen molar-refractivity contribution in [3.8, 4) is 0 Å². The van der Waals surface area contributed by atoms with Crippen molar-refractivity contribution in [1.82, 2.24) is 9.97 Å². The predicted octanol–water partition coefficient (Wildman–Crippen LogP) is 5.86. The van der Waals surface area contributed by atoms with Gasteiger partial charge in [-0.1, -0.05) is 11.6 Å². The molecule has 9 heteroatoms. The molecule has 4 aliphatic rings. The van der Waals surface area contributed by atoms with E-state index in [9.17, 15) is 13.2 Å². The van der Waals surface area contributed by atoms with E-state index in [1.165, 1.54) is 37.7 Å². The average Bonchev–Trinajstić information content (AvgIpc) is 2.64. The maximum Gasteiger partial charge on any atom is 0.417 e. The van der Waals surface area contributed by atoms with Crippen molar-refractivity contribution < 1.29 is 13.2 Å². The predicted molar refractivity (Wildman–Crippen MR) is 111 cm³/mol. The smallest absolute Gasteiger partial charge is 0.393 e. The molecule has 1 aromatic heterocycles. The first-order valence-electron chi connectivity index (χ1n) is 10.2. The zero-order valence-electron chi connectivity index (χ0n) is 16.3. The van der Waals surface area contributed by atoms with E-state index in [1.54, 1.807) is 0 Å². The maximum atomic E-state index is 13.2. The molecule has 160 valence electrons. The molecular weight excluding hydrogens is 415 g/mol. The van der Waals surface area contributed by atoms with Crippen molar-refractivity contribution in [2.24, 2.45) is 17.8 Å². The van der Waals surface area contributed by atoms with Crippen molar-refractivity contribution in [2.45, 2.75) is 50.2 Å². The lowest BCUT2D eigenvalue weighted by Gasteiger charge is -2.57. The Morgan fingerprint density at radius 3 is 2.20 bits per heavy atom. The fourth-order valence-corrected chi connectivity index (χ4v) is 6.29. The minimum atomic E-state index is -4.54. The fourth-order valence-electron chi connectivity index (χ4n) is 6.07.